The van der Waals surface area contributed by atoms with Gasteiger partial charge in [-0.25, -0.2) is 9.59 Å². The van der Waals surface area contributed by atoms with Gasteiger partial charge in [0.05, 0.1) is 10.0 Å². The van der Waals surface area contributed by atoms with Gasteiger partial charge in [-0.1, -0.05) is 93.1 Å². The third kappa shape index (κ3) is 19.3. The van der Waals surface area contributed by atoms with Crippen LogP contribution in [0.4, 0.5) is 0 Å². The highest BCUT2D eigenvalue weighted by atomic mass is 35.5. The molecule has 0 aliphatic carbocycles. The molecule has 0 spiro atoms. The number of aliphatic hydroxyl groups excluding tert-OH is 6. The molecule has 8 aliphatic heterocycles. The van der Waals surface area contributed by atoms with Crippen molar-refractivity contribution in [3.8, 4) is 80.1 Å². The standard InChI is InChI=1S/C83H86Cl2N8O30/c1-32(2)9-7-5-6-8-10-56(99)88-65-68(102)70(104)73(81(114)115)123-82(65)122-72-53-25-38-26-54(72)119-50-20-15-37(23-45(50)84)66(100)64-79(111)92-63(80(112)113)43-27-39(95)28-52(120-83-71(105)69(103)67(101)55(121-83)31-116-33(3)94)57(43)42-22-35(13-18-47(42)96)60(76(108)93-64)89-77(109)61(38)90-78(110)62-44-29-41(30-49(98)58(44)85)118-51-24-36(14-19-48(51)97)59(86-4)75(107)87-46(74(106)91-62)21-34-11-16-40(117-53)17-12-34/h11-20,22-30,32,46,55,59-71,73,82-83,86,95-98,100-105H,5-10,21,31H2,1-4H3,(H,87,107)(H,88,99)(H,89,109)(H,90,110)(H,91,106)(H,92,111)(H,93,108)(H,112,113)(H,114,115)/t46-,55-,59+,60-,61-,62+,63?,64+,65-,66-,67-,68-,69+,70+,71+,73+,82-,83+/m1/s1. The summed E-state index contributed by atoms with van der Waals surface area (Å²) in [4.78, 5) is 148. The normalized spacial score (nSPS) is 26.3. The number of aliphatic hydroxyl groups is 6. The number of aromatic hydroxyl groups is 4. The van der Waals surface area contributed by atoms with Crippen molar-refractivity contribution in [1.82, 2.24) is 42.5 Å². The zero-order valence-electron chi connectivity index (χ0n) is 65.6. The number of carboxylic acid groups (broad SMARTS) is 2. The third-order valence-corrected chi connectivity index (χ3v) is 22.1. The van der Waals surface area contributed by atoms with Crippen molar-refractivity contribution in [2.75, 3.05) is 13.7 Å². The monoisotopic (exact) mass is 1740 g/mol. The first kappa shape index (κ1) is 88.4. The van der Waals surface area contributed by atoms with E-state index in [2.05, 4.69) is 56.4 Å². The number of amides is 7. The Bertz CT molecular complexity index is 5290. The Balaban J connectivity index is 1.04. The first-order valence-electron chi connectivity index (χ1n) is 38.8. The average Bonchev–Trinajstić information content (AvgIpc) is 0.762. The average molecular weight is 1750 g/mol. The highest BCUT2D eigenvalue weighted by Crippen LogP contribution is 2.50. The molecule has 2 fully saturated rings. The minimum absolute atomic E-state index is 0.160. The van der Waals surface area contributed by atoms with Crippen LogP contribution < -0.4 is 66.2 Å². The van der Waals surface area contributed by atoms with Crippen molar-refractivity contribution < 1.29 is 147 Å². The predicted molar refractivity (Wildman–Crippen MR) is 424 cm³/mol. The van der Waals surface area contributed by atoms with Gasteiger partial charge >= 0.3 is 17.9 Å². The van der Waals surface area contributed by atoms with Gasteiger partial charge in [0.15, 0.2) is 35.1 Å². The van der Waals surface area contributed by atoms with Crippen molar-refractivity contribution in [1.29, 1.82) is 0 Å². The number of carbonyl (C=O) groups excluding carboxylic acids is 8. The second-order valence-corrected chi connectivity index (χ2v) is 31.3. The molecule has 20 N–H and O–H groups in total. The molecule has 0 saturated carbocycles. The first-order chi connectivity index (χ1) is 58.5. The van der Waals surface area contributed by atoms with Gasteiger partial charge in [-0.2, -0.15) is 0 Å². The van der Waals surface area contributed by atoms with Crippen molar-refractivity contribution >= 4 is 82.5 Å². The van der Waals surface area contributed by atoms with E-state index >= 15 is 24.0 Å². The van der Waals surface area contributed by atoms with Crippen LogP contribution in [-0.4, -0.2) is 208 Å². The number of carbonyl (C=O) groups is 10. The number of hydrogen-bond acceptors (Lipinski definition) is 29. The van der Waals surface area contributed by atoms with Crippen molar-refractivity contribution in [3.63, 3.8) is 0 Å². The number of ether oxygens (including phenoxy) is 8. The van der Waals surface area contributed by atoms with E-state index in [-0.39, 0.29) is 40.4 Å². The topological polar surface area (TPSA) is 584 Å². The molecular weight excluding hydrogens is 1660 g/mol. The summed E-state index contributed by atoms with van der Waals surface area (Å²) in [6.07, 6.45) is -18.7. The van der Waals surface area contributed by atoms with Gasteiger partial charge in [-0.05, 0) is 120 Å². The van der Waals surface area contributed by atoms with Crippen LogP contribution >= 0.6 is 23.2 Å². The first-order valence-corrected chi connectivity index (χ1v) is 39.5. The molecule has 123 heavy (non-hydrogen) atoms. The number of phenolic OH excluding ortho intramolecular Hbond substituents is 4. The molecule has 18 atom stereocenters. The van der Waals surface area contributed by atoms with E-state index in [0.717, 1.165) is 99.0 Å². The molecule has 38 nitrogen and oxygen atoms in total. The highest BCUT2D eigenvalue weighted by Gasteiger charge is 2.52. The lowest BCUT2D eigenvalue weighted by atomic mass is 9.89. The number of rotatable bonds is 17. The van der Waals surface area contributed by atoms with Gasteiger partial charge in [0, 0.05) is 54.2 Å². The largest absolute Gasteiger partial charge is 0.508 e. The van der Waals surface area contributed by atoms with Crippen LogP contribution in [0.15, 0.2) is 115 Å². The lowest BCUT2D eigenvalue weighted by Crippen LogP contribution is -2.66. The Morgan fingerprint density at radius 3 is 1.89 bits per heavy atom. The Kier molecular flexibility index (Phi) is 26.7. The number of nitrogens with one attached hydrogen (secondary N) is 8. The molecule has 15 rings (SSSR count). The van der Waals surface area contributed by atoms with Gasteiger partial charge in [-0.15, -0.1) is 0 Å². The fraction of sp³-hybridized carbons (Fsp3) is 0.373. The van der Waals surface area contributed by atoms with Crippen LogP contribution in [0.25, 0.3) is 11.1 Å². The van der Waals surface area contributed by atoms with E-state index in [1.54, 1.807) is 0 Å². The fourth-order valence-corrected chi connectivity index (χ4v) is 15.5. The smallest absolute Gasteiger partial charge is 0.335 e. The number of unbranched alkanes of at least 4 members (excludes halogenated alkanes) is 3. The number of phenols is 4. The van der Waals surface area contributed by atoms with Crippen molar-refractivity contribution in [2.24, 2.45) is 5.92 Å². The van der Waals surface area contributed by atoms with Crippen LogP contribution in [0.2, 0.25) is 10.0 Å². The SMILES string of the molecule is CN[C@@H]1C(=O)N[C@@H]2Cc3ccc(cc3)Oc3cc4cc(c3O[C@@H]3O[C@H](C(=O)O)[C@@H](O)[C@H](O)[C@H]3NC(=O)CCCCCCC(C)C)Oc3ccc(cc3Cl)[C@@H](O)[C@@H]3NC(=O)[C@H](NC(=O)[C@@H]4NC(=O)[C@@H](NC2=O)c2cc(cc(O)c2Cl)Oc2cc1ccc2O)c1ccc(O)c(c1)-c1c(O[C@H]2O[C@H](COC(C)=O)[C@@H](O)[C@H](O)[C@@H]2O)cc(O)cc1C(C(=O)O)NC3=O. The summed E-state index contributed by atoms with van der Waals surface area (Å²) in [6, 6.07) is 4.20. The Morgan fingerprint density at radius 1 is 0.545 bits per heavy atom. The number of likely N-dealkylation sites (N-methyl/N-ethyl adjacent to an activating group) is 1. The van der Waals surface area contributed by atoms with E-state index in [9.17, 15) is 85.3 Å². The Hall–Kier alpha value is -12.3. The Labute approximate surface area is 708 Å². The van der Waals surface area contributed by atoms with E-state index in [1.165, 1.54) is 49.5 Å². The number of halogens is 2. The fourth-order valence-electron chi connectivity index (χ4n) is 15.0. The van der Waals surface area contributed by atoms with Crippen LogP contribution in [0, 0.1) is 5.92 Å². The molecule has 1 unspecified atom stereocenters. The second kappa shape index (κ2) is 37.2. The summed E-state index contributed by atoms with van der Waals surface area (Å²) in [6.45, 7) is 4.38. The number of esters is 1. The van der Waals surface area contributed by atoms with E-state index in [4.69, 9.17) is 61.1 Å². The minimum atomic E-state index is -2.48. The van der Waals surface area contributed by atoms with Crippen molar-refractivity contribution in [3.05, 3.63) is 164 Å². The van der Waals surface area contributed by atoms with Crippen LogP contribution in [0.1, 0.15) is 135 Å². The molecule has 8 heterocycles. The van der Waals surface area contributed by atoms with E-state index in [0.29, 0.717) is 18.8 Å². The van der Waals surface area contributed by atoms with Gasteiger partial charge in [0.25, 0.3) is 0 Å². The summed E-state index contributed by atoms with van der Waals surface area (Å²) in [7, 11) is 1.41. The van der Waals surface area contributed by atoms with Gasteiger partial charge in [0.1, 0.15) is 132 Å². The quantitative estimate of drug-likeness (QED) is 0.0453. The van der Waals surface area contributed by atoms with E-state index < -0.39 is 277 Å². The number of carboxylic acids is 2. The maximum absolute atomic E-state index is 16.7. The molecule has 40 heteroatoms. The number of hydrogen-bond donors (Lipinski definition) is 20. The highest BCUT2D eigenvalue weighted by molar-refractivity contribution is 6.33. The summed E-state index contributed by atoms with van der Waals surface area (Å²) < 4.78 is 49.2. The zero-order valence-corrected chi connectivity index (χ0v) is 67.1. The number of aliphatic carboxylic acids is 2. The van der Waals surface area contributed by atoms with Crippen LogP contribution in [0.5, 0.6) is 69.0 Å². The molecule has 8 aliphatic rings. The van der Waals surface area contributed by atoms with Gasteiger partial charge in [0.2, 0.25) is 59.7 Å². The molecule has 7 aromatic rings. The molecule has 0 radical (unpaired) electrons. The van der Waals surface area contributed by atoms with E-state index in [1.807, 2.05) is 0 Å². The molecule has 0 aromatic heterocycles. The summed E-state index contributed by atoms with van der Waals surface area (Å²) >= 11 is 14.2. The molecule has 7 amide bonds. The zero-order chi connectivity index (χ0) is 88.4. The lowest BCUT2D eigenvalue weighted by molar-refractivity contribution is -0.278. The third-order valence-electron chi connectivity index (χ3n) is 21.4. The summed E-state index contributed by atoms with van der Waals surface area (Å²) in [5, 5.41) is 158. The predicted octanol–water partition coefficient (Wildman–Crippen LogP) is 3.98. The Morgan fingerprint density at radius 2 is 1.20 bits per heavy atom. The maximum atomic E-state index is 16.7. The minimum Gasteiger partial charge on any atom is -0.508 e. The number of benzene rings is 7. The van der Waals surface area contributed by atoms with Gasteiger partial charge < -0.3 is 142 Å². The lowest BCUT2D eigenvalue weighted by Gasteiger charge is -2.41. The maximum Gasteiger partial charge on any atom is 0.335 e. The molecule has 7 aromatic carbocycles. The molecular formula is C83H86Cl2N8O30. The summed E-state index contributed by atoms with van der Waals surface area (Å²) in [5.74, 6) is -20.2. The second-order valence-electron chi connectivity index (χ2n) is 30.5. The molecule has 652 valence electrons. The molecule has 17 bridgehead atoms. The molecule has 2 saturated heterocycles. The summed E-state index contributed by atoms with van der Waals surface area (Å²) in [5.41, 5.74) is -3.39. The van der Waals surface area contributed by atoms with Crippen molar-refractivity contribution in [2.45, 2.75) is 175 Å². The van der Waals surface area contributed by atoms with Crippen LogP contribution in [-0.2, 0) is 68.6 Å². The number of fused-ring (bicyclic) bond motifs is 14. The van der Waals surface area contributed by atoms with Crippen LogP contribution in [0.3, 0.4) is 0 Å². The van der Waals surface area contributed by atoms with Gasteiger partial charge in [-0.3, -0.25) is 38.4 Å².